The fourth-order valence-corrected chi connectivity index (χ4v) is 5.76. The van der Waals surface area contributed by atoms with Gasteiger partial charge in [-0.1, -0.05) is 6.07 Å². The summed E-state index contributed by atoms with van der Waals surface area (Å²) in [5, 5.41) is 5.69. The number of carbonyl (C=O) groups is 2. The Bertz CT molecular complexity index is 1130. The minimum Gasteiger partial charge on any atom is -0.497 e. The SMILES string of the molecule is COc1cccc(NC(=O)[C@@H]2CCCN(S(=O)(=O)c3ccc4c(c3)CCCC(=O)N4)C2)c1. The highest BCUT2D eigenvalue weighted by atomic mass is 32.2. The van der Waals surface area contributed by atoms with Crippen LogP contribution in [0.1, 0.15) is 31.2 Å². The zero-order valence-electron chi connectivity index (χ0n) is 18.0. The molecule has 0 radical (unpaired) electrons. The van der Waals surface area contributed by atoms with Crippen molar-refractivity contribution in [2.24, 2.45) is 5.92 Å². The number of aryl methyl sites for hydroxylation is 1. The topological polar surface area (TPSA) is 105 Å². The van der Waals surface area contributed by atoms with Gasteiger partial charge in [-0.25, -0.2) is 8.42 Å². The number of piperidine rings is 1. The minimum atomic E-state index is -3.75. The highest BCUT2D eigenvalue weighted by Crippen LogP contribution is 2.29. The number of anilines is 2. The van der Waals surface area contributed by atoms with Gasteiger partial charge in [0.2, 0.25) is 21.8 Å². The molecule has 1 fully saturated rings. The van der Waals surface area contributed by atoms with E-state index in [-0.39, 0.29) is 23.3 Å². The number of nitrogens with zero attached hydrogens (tertiary/aromatic N) is 1. The van der Waals surface area contributed by atoms with Crippen LogP contribution in [0.2, 0.25) is 0 Å². The average Bonchev–Trinajstić information content (AvgIpc) is 2.99. The van der Waals surface area contributed by atoms with E-state index >= 15 is 0 Å². The van der Waals surface area contributed by atoms with E-state index in [1.165, 1.54) is 10.4 Å². The monoisotopic (exact) mass is 457 g/mol. The smallest absolute Gasteiger partial charge is 0.243 e. The first-order valence-corrected chi connectivity index (χ1v) is 12.2. The van der Waals surface area contributed by atoms with Gasteiger partial charge >= 0.3 is 0 Å². The van der Waals surface area contributed by atoms with Crippen LogP contribution in [-0.4, -0.2) is 44.7 Å². The van der Waals surface area contributed by atoms with E-state index in [0.717, 1.165) is 5.56 Å². The maximum absolute atomic E-state index is 13.3. The predicted octanol–water partition coefficient (Wildman–Crippen LogP) is 3.01. The van der Waals surface area contributed by atoms with Crippen molar-refractivity contribution >= 4 is 33.2 Å². The molecule has 2 aromatic rings. The number of sulfonamides is 1. The van der Waals surface area contributed by atoms with E-state index in [2.05, 4.69) is 10.6 Å². The summed E-state index contributed by atoms with van der Waals surface area (Å²) in [6, 6.07) is 11.9. The highest BCUT2D eigenvalue weighted by Gasteiger charge is 2.34. The zero-order valence-corrected chi connectivity index (χ0v) is 18.8. The predicted molar refractivity (Wildman–Crippen MR) is 121 cm³/mol. The van der Waals surface area contributed by atoms with Gasteiger partial charge < -0.3 is 15.4 Å². The second kappa shape index (κ2) is 9.30. The summed E-state index contributed by atoms with van der Waals surface area (Å²) in [6.45, 7) is 0.505. The number of hydrogen-bond acceptors (Lipinski definition) is 5. The Morgan fingerprint density at radius 1 is 1.16 bits per heavy atom. The molecule has 2 amide bonds. The van der Waals surface area contributed by atoms with Gasteiger partial charge in [-0.15, -0.1) is 0 Å². The highest BCUT2D eigenvalue weighted by molar-refractivity contribution is 7.89. The summed E-state index contributed by atoms with van der Waals surface area (Å²) >= 11 is 0. The second-order valence-corrected chi connectivity index (χ2v) is 10.1. The molecule has 2 aliphatic heterocycles. The van der Waals surface area contributed by atoms with Crippen molar-refractivity contribution in [3.8, 4) is 5.75 Å². The van der Waals surface area contributed by atoms with Gasteiger partial charge in [0.05, 0.1) is 17.9 Å². The summed E-state index contributed by atoms with van der Waals surface area (Å²) in [6.07, 6.45) is 2.98. The molecule has 4 rings (SSSR count). The Morgan fingerprint density at radius 2 is 2.00 bits per heavy atom. The molecule has 9 heteroatoms. The third-order valence-electron chi connectivity index (χ3n) is 5.93. The molecule has 0 bridgehead atoms. The molecule has 0 aromatic heterocycles. The lowest BCUT2D eigenvalue weighted by molar-refractivity contribution is -0.121. The van der Waals surface area contributed by atoms with Gasteiger partial charge in [-0.2, -0.15) is 4.31 Å². The normalized spacial score (nSPS) is 19.4. The molecule has 2 heterocycles. The van der Waals surface area contributed by atoms with Crippen LogP contribution < -0.4 is 15.4 Å². The Hall–Kier alpha value is -2.91. The molecule has 2 N–H and O–H groups in total. The van der Waals surface area contributed by atoms with Crippen LogP contribution >= 0.6 is 0 Å². The van der Waals surface area contributed by atoms with Crippen molar-refractivity contribution in [3.63, 3.8) is 0 Å². The standard InChI is InChI=1S/C23H27N3O5S/c1-31-19-8-3-7-18(14-19)24-23(28)17-6-4-12-26(15-17)32(29,30)20-10-11-21-16(13-20)5-2-9-22(27)25-21/h3,7-8,10-11,13-14,17H,2,4-6,9,12,15H2,1H3,(H,24,28)(H,25,27)/t17-/m1/s1. The van der Waals surface area contributed by atoms with Crippen molar-refractivity contribution in [1.29, 1.82) is 0 Å². The summed E-state index contributed by atoms with van der Waals surface area (Å²) in [5.74, 6) is -0.0667. The van der Waals surface area contributed by atoms with Crippen LogP contribution in [0.15, 0.2) is 47.4 Å². The van der Waals surface area contributed by atoms with Crippen molar-refractivity contribution in [1.82, 2.24) is 4.31 Å². The molecular weight excluding hydrogens is 430 g/mol. The molecule has 32 heavy (non-hydrogen) atoms. The number of ether oxygens (including phenoxy) is 1. The van der Waals surface area contributed by atoms with Gasteiger partial charge in [-0.05, 0) is 61.6 Å². The Balaban J connectivity index is 1.49. The van der Waals surface area contributed by atoms with Crippen LogP contribution in [0.3, 0.4) is 0 Å². The van der Waals surface area contributed by atoms with Gasteiger partial charge in [0.25, 0.3) is 0 Å². The minimum absolute atomic E-state index is 0.0553. The summed E-state index contributed by atoms with van der Waals surface area (Å²) in [5.41, 5.74) is 2.10. The summed E-state index contributed by atoms with van der Waals surface area (Å²) < 4.78 is 33.2. The van der Waals surface area contributed by atoms with E-state index < -0.39 is 15.9 Å². The molecule has 170 valence electrons. The van der Waals surface area contributed by atoms with Gasteiger partial charge in [0.1, 0.15) is 5.75 Å². The average molecular weight is 458 g/mol. The number of nitrogens with one attached hydrogen (secondary N) is 2. The first kappa shape index (κ1) is 22.3. The number of rotatable bonds is 5. The maximum atomic E-state index is 13.3. The molecule has 0 saturated carbocycles. The van der Waals surface area contributed by atoms with Crippen LogP contribution in [0, 0.1) is 5.92 Å². The third-order valence-corrected chi connectivity index (χ3v) is 7.79. The largest absolute Gasteiger partial charge is 0.497 e. The number of methoxy groups -OCH3 is 1. The van der Waals surface area contributed by atoms with E-state index in [9.17, 15) is 18.0 Å². The molecule has 8 nitrogen and oxygen atoms in total. The first-order chi connectivity index (χ1) is 15.4. The summed E-state index contributed by atoms with van der Waals surface area (Å²) in [4.78, 5) is 24.8. The molecular formula is C23H27N3O5S. The lowest BCUT2D eigenvalue weighted by atomic mass is 9.98. The van der Waals surface area contributed by atoms with Gasteiger partial charge in [0, 0.05) is 37.0 Å². The van der Waals surface area contributed by atoms with Crippen LogP contribution in [0.4, 0.5) is 11.4 Å². The van der Waals surface area contributed by atoms with E-state index in [4.69, 9.17) is 4.74 Å². The quantitative estimate of drug-likeness (QED) is 0.718. The van der Waals surface area contributed by atoms with Gasteiger partial charge in [0.15, 0.2) is 0 Å². The number of hydrogen-bond donors (Lipinski definition) is 2. The van der Waals surface area contributed by atoms with Gasteiger partial charge in [-0.3, -0.25) is 9.59 Å². The molecule has 1 atom stereocenters. The molecule has 0 spiro atoms. The number of fused-ring (bicyclic) bond motifs is 1. The Labute approximate surface area is 188 Å². The van der Waals surface area contributed by atoms with Crippen LogP contribution in [-0.2, 0) is 26.0 Å². The number of carbonyl (C=O) groups excluding carboxylic acids is 2. The molecule has 0 unspecified atom stereocenters. The van der Waals surface area contributed by atoms with Crippen molar-refractivity contribution < 1.29 is 22.7 Å². The lowest BCUT2D eigenvalue weighted by Crippen LogP contribution is -2.43. The molecule has 2 aromatic carbocycles. The third kappa shape index (κ3) is 4.78. The Kier molecular flexibility index (Phi) is 6.48. The second-order valence-electron chi connectivity index (χ2n) is 8.14. The number of amides is 2. The zero-order chi connectivity index (χ0) is 22.7. The number of benzene rings is 2. The van der Waals surface area contributed by atoms with E-state index in [1.54, 1.807) is 43.5 Å². The fraction of sp³-hybridized carbons (Fsp3) is 0.391. The van der Waals surface area contributed by atoms with Crippen molar-refractivity contribution in [3.05, 3.63) is 48.0 Å². The Morgan fingerprint density at radius 3 is 2.81 bits per heavy atom. The first-order valence-electron chi connectivity index (χ1n) is 10.7. The van der Waals surface area contributed by atoms with Crippen LogP contribution in [0.25, 0.3) is 0 Å². The molecule has 2 aliphatic rings. The van der Waals surface area contributed by atoms with E-state index in [0.29, 0.717) is 55.8 Å². The molecule has 0 aliphatic carbocycles. The van der Waals surface area contributed by atoms with Crippen molar-refractivity contribution in [2.45, 2.75) is 37.0 Å². The summed E-state index contributed by atoms with van der Waals surface area (Å²) in [7, 11) is -2.19. The fourth-order valence-electron chi connectivity index (χ4n) is 4.18. The van der Waals surface area contributed by atoms with Crippen molar-refractivity contribution in [2.75, 3.05) is 30.8 Å². The lowest BCUT2D eigenvalue weighted by Gasteiger charge is -2.31. The van der Waals surface area contributed by atoms with Crippen LogP contribution in [0.5, 0.6) is 5.75 Å². The van der Waals surface area contributed by atoms with E-state index in [1.807, 2.05) is 0 Å². The maximum Gasteiger partial charge on any atom is 0.243 e. The molecule has 1 saturated heterocycles.